The van der Waals surface area contributed by atoms with Crippen LogP contribution in [0.3, 0.4) is 0 Å². The van der Waals surface area contributed by atoms with Gasteiger partial charge in [-0.2, -0.15) is 35.9 Å². The number of allylic oxidation sites excluding steroid dienone is 4. The van der Waals surface area contributed by atoms with Crippen LogP contribution in [0.1, 0.15) is 28.7 Å². The van der Waals surface area contributed by atoms with Crippen LogP contribution in [0.15, 0.2) is 121 Å². The minimum Gasteiger partial charge on any atom is -0.273 e. The molecule has 0 nitrogen and oxygen atoms in total. The predicted molar refractivity (Wildman–Crippen MR) is 130 cm³/mol. The number of hydrogen-bond donors (Lipinski definition) is 0. The smallest absolute Gasteiger partial charge is 0 e. The molecular weight excluding hydrogens is 551 g/mol. The van der Waals surface area contributed by atoms with Gasteiger partial charge in [0.2, 0.25) is 0 Å². The SMILES string of the molecule is [C-]1=CC=CC1.[Hf].[c-]1cccc2c1Cc1ccccc1-2.c1ccc([CH-]c2ccccc2)cc1. The van der Waals surface area contributed by atoms with Crippen molar-refractivity contribution in [3.63, 3.8) is 0 Å². The van der Waals surface area contributed by atoms with Crippen LogP contribution in [0.5, 0.6) is 0 Å². The van der Waals surface area contributed by atoms with Crippen LogP contribution in [0.2, 0.25) is 0 Å². The van der Waals surface area contributed by atoms with Crippen LogP contribution >= 0.6 is 0 Å². The summed E-state index contributed by atoms with van der Waals surface area (Å²) in [4.78, 5) is 0. The van der Waals surface area contributed by atoms with Gasteiger partial charge in [-0.05, 0) is 6.42 Å². The normalized spacial score (nSPS) is 11.6. The third-order valence-electron chi connectivity index (χ3n) is 5.13. The molecule has 2 aliphatic carbocycles. The quantitative estimate of drug-likeness (QED) is 0.150. The Labute approximate surface area is 211 Å². The molecule has 0 aliphatic heterocycles. The van der Waals surface area contributed by atoms with Crippen LogP contribution in [0, 0.1) is 18.6 Å². The molecule has 2 aliphatic rings. The molecule has 0 unspecified atom stereocenters. The Morgan fingerprint density at radius 3 is 1.88 bits per heavy atom. The Hall–Kier alpha value is -2.90. The van der Waals surface area contributed by atoms with Gasteiger partial charge < -0.3 is 0 Å². The molecule has 32 heavy (non-hydrogen) atoms. The molecule has 0 heterocycles. The van der Waals surface area contributed by atoms with Crippen molar-refractivity contribution < 1.29 is 25.8 Å². The topological polar surface area (TPSA) is 0 Å². The fourth-order valence-corrected chi connectivity index (χ4v) is 3.63. The van der Waals surface area contributed by atoms with Gasteiger partial charge in [0.25, 0.3) is 0 Å². The van der Waals surface area contributed by atoms with E-state index < -0.39 is 0 Å². The Bertz CT molecular complexity index is 1050. The van der Waals surface area contributed by atoms with E-state index in [2.05, 4.69) is 110 Å². The summed E-state index contributed by atoms with van der Waals surface area (Å²) in [5.74, 6) is 0. The van der Waals surface area contributed by atoms with Crippen molar-refractivity contribution in [3.05, 3.63) is 162 Å². The third-order valence-corrected chi connectivity index (χ3v) is 5.13. The summed E-state index contributed by atoms with van der Waals surface area (Å²) in [6.45, 7) is 0. The van der Waals surface area contributed by atoms with Crippen molar-refractivity contribution >= 4 is 0 Å². The molecule has 1 heteroatoms. The second-order valence-corrected chi connectivity index (χ2v) is 7.37. The molecule has 4 aromatic carbocycles. The maximum Gasteiger partial charge on any atom is 0 e. The van der Waals surface area contributed by atoms with E-state index in [0.717, 1.165) is 12.8 Å². The summed E-state index contributed by atoms with van der Waals surface area (Å²) < 4.78 is 0. The zero-order valence-corrected chi connectivity index (χ0v) is 21.6. The molecule has 0 atom stereocenters. The standard InChI is InChI=1S/C13H9.C13H11.C5H5.Hf/c1-3-7-12-10(5-1)9-11-6-2-4-8-13(11)12;1-3-7-12(8-4-1)11-13-9-5-2-6-10-13;1-2-4-5-3-1;/h1-5,7-8H,9H2;1-11H;1-3H,4H2;/q3*-1;. The van der Waals surface area contributed by atoms with E-state index in [0.29, 0.717) is 0 Å². The Morgan fingerprint density at radius 1 is 0.656 bits per heavy atom. The van der Waals surface area contributed by atoms with E-state index in [9.17, 15) is 0 Å². The minimum absolute atomic E-state index is 0. The first-order valence-electron chi connectivity index (χ1n) is 10.6. The number of rotatable bonds is 2. The third kappa shape index (κ3) is 6.80. The maximum atomic E-state index is 3.30. The molecule has 6 rings (SSSR count). The molecule has 0 amide bonds. The first-order valence-corrected chi connectivity index (χ1v) is 10.6. The summed E-state index contributed by atoms with van der Waals surface area (Å²) in [7, 11) is 0. The minimum atomic E-state index is 0. The van der Waals surface area contributed by atoms with Crippen LogP contribution in [-0.4, -0.2) is 0 Å². The molecular formula is C31H25Hf-3. The van der Waals surface area contributed by atoms with E-state index in [-0.39, 0.29) is 25.8 Å². The average molecular weight is 576 g/mol. The van der Waals surface area contributed by atoms with Gasteiger partial charge in [0, 0.05) is 25.8 Å². The zero-order valence-electron chi connectivity index (χ0n) is 18.0. The molecule has 156 valence electrons. The molecule has 0 spiro atoms. The molecule has 0 radical (unpaired) electrons. The van der Waals surface area contributed by atoms with Crippen molar-refractivity contribution in [1.29, 1.82) is 0 Å². The first kappa shape index (κ1) is 23.8. The van der Waals surface area contributed by atoms with Crippen molar-refractivity contribution in [2.45, 2.75) is 12.8 Å². The Morgan fingerprint density at radius 2 is 1.28 bits per heavy atom. The van der Waals surface area contributed by atoms with Gasteiger partial charge in [-0.1, -0.05) is 71.8 Å². The second-order valence-electron chi connectivity index (χ2n) is 7.37. The summed E-state index contributed by atoms with van der Waals surface area (Å²) in [6.07, 6.45) is 13.2. The van der Waals surface area contributed by atoms with Gasteiger partial charge >= 0.3 is 0 Å². The molecule has 0 bridgehead atoms. The van der Waals surface area contributed by atoms with E-state index in [1.54, 1.807) is 0 Å². The van der Waals surface area contributed by atoms with Crippen LogP contribution in [-0.2, 0) is 32.3 Å². The maximum absolute atomic E-state index is 3.30. The van der Waals surface area contributed by atoms with Crippen molar-refractivity contribution in [2.75, 3.05) is 0 Å². The van der Waals surface area contributed by atoms with Crippen molar-refractivity contribution in [1.82, 2.24) is 0 Å². The zero-order chi connectivity index (χ0) is 21.1. The van der Waals surface area contributed by atoms with E-state index >= 15 is 0 Å². The van der Waals surface area contributed by atoms with Crippen molar-refractivity contribution in [3.8, 4) is 11.1 Å². The first-order chi connectivity index (χ1) is 15.4. The number of hydrogen-bond acceptors (Lipinski definition) is 0. The van der Waals surface area contributed by atoms with Gasteiger partial charge in [0.1, 0.15) is 0 Å². The largest absolute Gasteiger partial charge is 0.273 e. The summed E-state index contributed by atoms with van der Waals surface area (Å²) in [6, 6.07) is 38.8. The molecule has 0 N–H and O–H groups in total. The van der Waals surface area contributed by atoms with Gasteiger partial charge in [0.05, 0.1) is 0 Å². The van der Waals surface area contributed by atoms with Gasteiger partial charge in [-0.15, -0.1) is 53.8 Å². The molecule has 0 aromatic heterocycles. The van der Waals surface area contributed by atoms with E-state index in [1.807, 2.05) is 30.4 Å². The molecule has 0 saturated heterocycles. The van der Waals surface area contributed by atoms with Crippen LogP contribution in [0.25, 0.3) is 11.1 Å². The Kier molecular flexibility index (Phi) is 9.53. The Balaban J connectivity index is 0.000000145. The fourth-order valence-electron chi connectivity index (χ4n) is 3.63. The van der Waals surface area contributed by atoms with Gasteiger partial charge in [-0.3, -0.25) is 6.08 Å². The molecule has 0 saturated carbocycles. The summed E-state index contributed by atoms with van der Waals surface area (Å²) in [5.41, 5.74) is 8.00. The van der Waals surface area contributed by atoms with E-state index in [4.69, 9.17) is 0 Å². The monoisotopic (exact) mass is 577 g/mol. The predicted octanol–water partition coefficient (Wildman–Crippen LogP) is 7.65. The van der Waals surface area contributed by atoms with Gasteiger partial charge in [-0.25, -0.2) is 12.2 Å². The summed E-state index contributed by atoms with van der Waals surface area (Å²) >= 11 is 0. The number of benzene rings is 4. The van der Waals surface area contributed by atoms with Crippen molar-refractivity contribution in [2.24, 2.45) is 0 Å². The second kappa shape index (κ2) is 12.8. The van der Waals surface area contributed by atoms with E-state index in [1.165, 1.54) is 33.4 Å². The fraction of sp³-hybridized carbons (Fsp3) is 0.0645. The van der Waals surface area contributed by atoms with Gasteiger partial charge in [0.15, 0.2) is 0 Å². The molecule has 4 aromatic rings. The summed E-state index contributed by atoms with van der Waals surface area (Å²) in [5, 5.41) is 0. The van der Waals surface area contributed by atoms with Crippen LogP contribution < -0.4 is 0 Å². The average Bonchev–Trinajstić information content (AvgIpc) is 3.53. The van der Waals surface area contributed by atoms with Crippen LogP contribution in [0.4, 0.5) is 0 Å². The number of fused-ring (bicyclic) bond motifs is 3. The molecule has 0 fully saturated rings.